The van der Waals surface area contributed by atoms with Gasteiger partial charge in [-0.3, -0.25) is 0 Å². The minimum absolute atomic E-state index is 0.237. The van der Waals surface area contributed by atoms with Crippen molar-refractivity contribution < 1.29 is 4.39 Å². The fourth-order valence-electron chi connectivity index (χ4n) is 1.85. The van der Waals surface area contributed by atoms with Crippen LogP contribution in [-0.4, -0.2) is 9.97 Å². The van der Waals surface area contributed by atoms with Crippen molar-refractivity contribution in [3.63, 3.8) is 0 Å². The third-order valence-electron chi connectivity index (χ3n) is 2.68. The van der Waals surface area contributed by atoms with E-state index in [4.69, 9.17) is 5.73 Å². The van der Waals surface area contributed by atoms with Crippen LogP contribution >= 0.6 is 0 Å². The predicted molar refractivity (Wildman–Crippen MR) is 65.9 cm³/mol. The number of nitrogens with zero attached hydrogens (tertiary/aromatic N) is 1. The van der Waals surface area contributed by atoms with E-state index in [0.717, 1.165) is 22.2 Å². The van der Waals surface area contributed by atoms with Crippen molar-refractivity contribution in [1.29, 1.82) is 0 Å². The predicted octanol–water partition coefficient (Wildman–Crippen LogP) is 2.95. The Morgan fingerprint density at radius 3 is 2.47 bits per heavy atom. The Morgan fingerprint density at radius 1 is 1.00 bits per heavy atom. The minimum atomic E-state index is -0.237. The molecule has 0 unspecified atom stereocenters. The van der Waals surface area contributed by atoms with Crippen molar-refractivity contribution >= 4 is 17.0 Å². The lowest BCUT2D eigenvalue weighted by atomic mass is 10.1. The summed E-state index contributed by atoms with van der Waals surface area (Å²) < 4.78 is 12.8. The number of aromatic amines is 1. The fourth-order valence-corrected chi connectivity index (χ4v) is 1.85. The molecule has 2 aromatic carbocycles. The number of H-pyrrole nitrogens is 1. The average molecular weight is 227 g/mol. The van der Waals surface area contributed by atoms with Gasteiger partial charge in [0.1, 0.15) is 5.82 Å². The molecule has 0 fully saturated rings. The summed E-state index contributed by atoms with van der Waals surface area (Å²) in [6.07, 6.45) is 0. The van der Waals surface area contributed by atoms with Crippen LogP contribution in [0, 0.1) is 5.82 Å². The number of anilines is 1. The number of halogens is 1. The van der Waals surface area contributed by atoms with Gasteiger partial charge < -0.3 is 10.7 Å². The molecule has 84 valence electrons. The van der Waals surface area contributed by atoms with Gasteiger partial charge in [-0.2, -0.15) is 0 Å². The molecule has 0 aliphatic carbocycles. The molecule has 1 aromatic heterocycles. The van der Waals surface area contributed by atoms with E-state index in [0.29, 0.717) is 5.95 Å². The fraction of sp³-hybridized carbons (Fsp3) is 0. The van der Waals surface area contributed by atoms with Crippen LogP contribution in [0.15, 0.2) is 42.5 Å². The van der Waals surface area contributed by atoms with E-state index in [1.54, 1.807) is 12.1 Å². The number of nitrogens with one attached hydrogen (secondary N) is 1. The molecule has 3 N–H and O–H groups in total. The Bertz CT molecular complexity index is 671. The SMILES string of the molecule is Nc1nc2cc(-c3ccc(F)cc3)ccc2[nH]1. The molecule has 3 rings (SSSR count). The third-order valence-corrected chi connectivity index (χ3v) is 2.68. The Kier molecular flexibility index (Phi) is 2.08. The van der Waals surface area contributed by atoms with Crippen molar-refractivity contribution in [2.24, 2.45) is 0 Å². The van der Waals surface area contributed by atoms with Gasteiger partial charge in [0.2, 0.25) is 0 Å². The normalized spacial score (nSPS) is 10.9. The van der Waals surface area contributed by atoms with Crippen LogP contribution in [0.25, 0.3) is 22.2 Å². The van der Waals surface area contributed by atoms with E-state index in [1.165, 1.54) is 12.1 Å². The van der Waals surface area contributed by atoms with Gasteiger partial charge in [-0.1, -0.05) is 18.2 Å². The van der Waals surface area contributed by atoms with E-state index < -0.39 is 0 Å². The average Bonchev–Trinajstić information content (AvgIpc) is 2.69. The molecule has 0 saturated heterocycles. The Morgan fingerprint density at radius 2 is 1.71 bits per heavy atom. The lowest BCUT2D eigenvalue weighted by molar-refractivity contribution is 0.628. The van der Waals surface area contributed by atoms with Crippen molar-refractivity contribution in [1.82, 2.24) is 9.97 Å². The molecule has 0 aliphatic heterocycles. The number of benzene rings is 2. The van der Waals surface area contributed by atoms with E-state index in [-0.39, 0.29) is 5.82 Å². The maximum Gasteiger partial charge on any atom is 0.198 e. The number of fused-ring (bicyclic) bond motifs is 1. The van der Waals surface area contributed by atoms with Crippen LogP contribution < -0.4 is 5.73 Å². The van der Waals surface area contributed by atoms with Gasteiger partial charge in [-0.15, -0.1) is 0 Å². The van der Waals surface area contributed by atoms with Crippen LogP contribution in [0.5, 0.6) is 0 Å². The molecular weight excluding hydrogens is 217 g/mol. The summed E-state index contributed by atoms with van der Waals surface area (Å²) in [5.41, 5.74) is 9.23. The molecule has 4 heteroatoms. The molecule has 17 heavy (non-hydrogen) atoms. The highest BCUT2D eigenvalue weighted by Crippen LogP contribution is 2.23. The van der Waals surface area contributed by atoms with Crippen molar-refractivity contribution in [2.45, 2.75) is 0 Å². The van der Waals surface area contributed by atoms with Gasteiger partial charge in [-0.05, 0) is 35.4 Å². The molecule has 3 nitrogen and oxygen atoms in total. The number of aromatic nitrogens is 2. The maximum atomic E-state index is 12.8. The molecule has 0 amide bonds. The van der Waals surface area contributed by atoms with Crippen LogP contribution in [0.4, 0.5) is 10.3 Å². The highest BCUT2D eigenvalue weighted by Gasteiger charge is 2.03. The summed E-state index contributed by atoms with van der Waals surface area (Å²) in [4.78, 5) is 7.12. The quantitative estimate of drug-likeness (QED) is 0.671. The second-order valence-electron chi connectivity index (χ2n) is 3.86. The molecular formula is C13H10FN3. The molecule has 0 aliphatic rings. The first kappa shape index (κ1) is 9.84. The molecule has 0 radical (unpaired) electrons. The van der Waals surface area contributed by atoms with Crippen molar-refractivity contribution in [3.8, 4) is 11.1 Å². The number of hydrogen-bond acceptors (Lipinski definition) is 2. The van der Waals surface area contributed by atoms with Crippen molar-refractivity contribution in [3.05, 3.63) is 48.3 Å². The molecule has 1 heterocycles. The minimum Gasteiger partial charge on any atom is -0.369 e. The molecule has 0 spiro atoms. The first-order chi connectivity index (χ1) is 8.22. The van der Waals surface area contributed by atoms with Gasteiger partial charge in [0, 0.05) is 0 Å². The zero-order valence-corrected chi connectivity index (χ0v) is 8.94. The standard InChI is InChI=1S/C13H10FN3/c14-10-4-1-8(2-5-10)9-3-6-11-12(7-9)17-13(15)16-11/h1-7H,(H3,15,16,17). The Hall–Kier alpha value is -2.36. The summed E-state index contributed by atoms with van der Waals surface area (Å²) in [6, 6.07) is 12.2. The number of rotatable bonds is 1. The second kappa shape index (κ2) is 3.59. The molecule has 0 saturated carbocycles. The van der Waals surface area contributed by atoms with Crippen LogP contribution in [0.3, 0.4) is 0 Å². The largest absolute Gasteiger partial charge is 0.369 e. The van der Waals surface area contributed by atoms with E-state index >= 15 is 0 Å². The lowest BCUT2D eigenvalue weighted by Gasteiger charge is -2.01. The summed E-state index contributed by atoms with van der Waals surface area (Å²) in [5.74, 6) is 0.162. The zero-order chi connectivity index (χ0) is 11.8. The van der Waals surface area contributed by atoms with E-state index in [9.17, 15) is 4.39 Å². The summed E-state index contributed by atoms with van der Waals surface area (Å²) >= 11 is 0. The first-order valence-corrected chi connectivity index (χ1v) is 5.23. The van der Waals surface area contributed by atoms with Crippen molar-refractivity contribution in [2.75, 3.05) is 5.73 Å². The topological polar surface area (TPSA) is 54.7 Å². The zero-order valence-electron chi connectivity index (χ0n) is 8.94. The van der Waals surface area contributed by atoms with Gasteiger partial charge >= 0.3 is 0 Å². The maximum absolute atomic E-state index is 12.8. The first-order valence-electron chi connectivity index (χ1n) is 5.23. The molecule has 0 atom stereocenters. The van der Waals surface area contributed by atoms with E-state index in [2.05, 4.69) is 9.97 Å². The van der Waals surface area contributed by atoms with Crippen LogP contribution in [0.2, 0.25) is 0 Å². The number of hydrogen-bond donors (Lipinski definition) is 2. The third kappa shape index (κ3) is 1.73. The Balaban J connectivity index is 2.13. The highest BCUT2D eigenvalue weighted by atomic mass is 19.1. The number of nitrogen functional groups attached to an aromatic ring is 1. The van der Waals surface area contributed by atoms with Gasteiger partial charge in [0.05, 0.1) is 11.0 Å². The molecule has 0 bridgehead atoms. The highest BCUT2D eigenvalue weighted by molar-refractivity contribution is 5.83. The van der Waals surface area contributed by atoms with Gasteiger partial charge in [0.15, 0.2) is 5.95 Å². The molecule has 3 aromatic rings. The summed E-state index contributed by atoms with van der Waals surface area (Å²) in [6.45, 7) is 0. The van der Waals surface area contributed by atoms with E-state index in [1.807, 2.05) is 18.2 Å². The number of nitrogens with two attached hydrogens (primary N) is 1. The van der Waals surface area contributed by atoms with Gasteiger partial charge in [-0.25, -0.2) is 9.37 Å². The van der Waals surface area contributed by atoms with Gasteiger partial charge in [0.25, 0.3) is 0 Å². The summed E-state index contributed by atoms with van der Waals surface area (Å²) in [5, 5.41) is 0. The monoisotopic (exact) mass is 227 g/mol. The van der Waals surface area contributed by atoms with Crippen LogP contribution in [0.1, 0.15) is 0 Å². The number of imidazole rings is 1. The van der Waals surface area contributed by atoms with Crippen LogP contribution in [-0.2, 0) is 0 Å². The Labute approximate surface area is 97.1 Å². The second-order valence-corrected chi connectivity index (χ2v) is 3.86. The summed E-state index contributed by atoms with van der Waals surface area (Å²) in [7, 11) is 0. The lowest BCUT2D eigenvalue weighted by Crippen LogP contribution is -1.84. The smallest absolute Gasteiger partial charge is 0.198 e.